The SMILES string of the molecule is COC(=O)C1CCN1CCS(C)=O. The Balaban J connectivity index is 2.28. The van der Waals surface area contributed by atoms with Crippen LogP contribution < -0.4 is 0 Å². The van der Waals surface area contributed by atoms with Crippen molar-refractivity contribution in [2.24, 2.45) is 0 Å². The van der Waals surface area contributed by atoms with Crippen molar-refractivity contribution in [3.8, 4) is 0 Å². The molecule has 2 unspecified atom stereocenters. The molecule has 0 aromatic heterocycles. The number of nitrogens with zero attached hydrogens (tertiary/aromatic N) is 1. The molecule has 13 heavy (non-hydrogen) atoms. The van der Waals surface area contributed by atoms with Gasteiger partial charge in [-0.3, -0.25) is 13.9 Å². The van der Waals surface area contributed by atoms with Crippen LogP contribution in [-0.4, -0.2) is 53.3 Å². The van der Waals surface area contributed by atoms with E-state index in [0.29, 0.717) is 5.75 Å². The molecule has 0 aromatic rings. The maximum absolute atomic E-state index is 11.1. The Kier molecular flexibility index (Phi) is 3.87. The lowest BCUT2D eigenvalue weighted by Gasteiger charge is -2.38. The maximum Gasteiger partial charge on any atom is 0.323 e. The average Bonchev–Trinajstić information content (AvgIpc) is 2.01. The Morgan fingerprint density at radius 3 is 2.77 bits per heavy atom. The molecular weight excluding hydrogens is 190 g/mol. The molecule has 1 rings (SSSR count). The van der Waals surface area contributed by atoms with E-state index in [1.807, 2.05) is 4.90 Å². The number of ether oxygens (including phenoxy) is 1. The summed E-state index contributed by atoms with van der Waals surface area (Å²) in [6, 6.07) is -0.0893. The zero-order valence-corrected chi connectivity index (χ0v) is 8.80. The highest BCUT2D eigenvalue weighted by atomic mass is 32.2. The first-order chi connectivity index (χ1) is 6.15. The molecule has 0 N–H and O–H groups in total. The second-order valence-corrected chi connectivity index (χ2v) is 4.70. The van der Waals surface area contributed by atoms with E-state index < -0.39 is 10.8 Å². The minimum Gasteiger partial charge on any atom is -0.468 e. The third-order valence-electron chi connectivity index (χ3n) is 2.27. The molecule has 0 spiro atoms. The lowest BCUT2D eigenvalue weighted by molar-refractivity contribution is -0.151. The maximum atomic E-state index is 11.1. The molecule has 76 valence electrons. The lowest BCUT2D eigenvalue weighted by atomic mass is 10.0. The zero-order valence-electron chi connectivity index (χ0n) is 7.99. The molecule has 0 bridgehead atoms. The number of methoxy groups -OCH3 is 1. The molecule has 0 radical (unpaired) electrons. The Morgan fingerprint density at radius 2 is 2.38 bits per heavy atom. The smallest absolute Gasteiger partial charge is 0.323 e. The van der Waals surface area contributed by atoms with E-state index in [4.69, 9.17) is 0 Å². The third-order valence-corrected chi connectivity index (χ3v) is 3.03. The number of carbonyl (C=O) groups is 1. The van der Waals surface area contributed by atoms with Gasteiger partial charge in [0.05, 0.1) is 7.11 Å². The Hall–Kier alpha value is -0.420. The molecule has 0 aliphatic carbocycles. The van der Waals surface area contributed by atoms with Gasteiger partial charge >= 0.3 is 5.97 Å². The van der Waals surface area contributed by atoms with Gasteiger partial charge in [-0.05, 0) is 6.42 Å². The summed E-state index contributed by atoms with van der Waals surface area (Å²) in [7, 11) is 0.622. The molecule has 1 saturated heterocycles. The van der Waals surface area contributed by atoms with Crippen LogP contribution in [0.1, 0.15) is 6.42 Å². The summed E-state index contributed by atoms with van der Waals surface area (Å²) in [4.78, 5) is 13.1. The first kappa shape index (κ1) is 10.7. The van der Waals surface area contributed by atoms with Crippen LogP contribution in [-0.2, 0) is 20.3 Å². The predicted octanol–water partition coefficient (Wildman–Crippen LogP) is -0.388. The summed E-state index contributed by atoms with van der Waals surface area (Å²) >= 11 is 0. The van der Waals surface area contributed by atoms with Crippen LogP contribution in [0.25, 0.3) is 0 Å². The molecule has 0 amide bonds. The fourth-order valence-corrected chi connectivity index (χ4v) is 1.85. The fraction of sp³-hybridized carbons (Fsp3) is 0.875. The highest BCUT2D eigenvalue weighted by Crippen LogP contribution is 2.17. The van der Waals surface area contributed by atoms with Gasteiger partial charge in [-0.25, -0.2) is 0 Å². The lowest BCUT2D eigenvalue weighted by Crippen LogP contribution is -2.53. The fourth-order valence-electron chi connectivity index (χ4n) is 1.36. The number of likely N-dealkylation sites (tertiary alicyclic amines) is 1. The van der Waals surface area contributed by atoms with Crippen molar-refractivity contribution >= 4 is 16.8 Å². The summed E-state index contributed by atoms with van der Waals surface area (Å²) < 4.78 is 15.4. The van der Waals surface area contributed by atoms with Crippen LogP contribution in [0.15, 0.2) is 0 Å². The highest BCUT2D eigenvalue weighted by molar-refractivity contribution is 7.84. The van der Waals surface area contributed by atoms with Gasteiger partial charge < -0.3 is 4.74 Å². The second kappa shape index (κ2) is 4.72. The van der Waals surface area contributed by atoms with E-state index in [2.05, 4.69) is 4.74 Å². The Morgan fingerprint density at radius 1 is 1.69 bits per heavy atom. The van der Waals surface area contributed by atoms with E-state index in [1.165, 1.54) is 7.11 Å². The van der Waals surface area contributed by atoms with Crippen LogP contribution in [0, 0.1) is 0 Å². The molecule has 4 nitrogen and oxygen atoms in total. The van der Waals surface area contributed by atoms with E-state index >= 15 is 0 Å². The normalized spacial score (nSPS) is 24.9. The van der Waals surface area contributed by atoms with Crippen molar-refractivity contribution in [2.75, 3.05) is 32.2 Å². The van der Waals surface area contributed by atoms with Crippen molar-refractivity contribution < 1.29 is 13.7 Å². The van der Waals surface area contributed by atoms with Crippen LogP contribution in [0.2, 0.25) is 0 Å². The highest BCUT2D eigenvalue weighted by Gasteiger charge is 2.34. The van der Waals surface area contributed by atoms with Gasteiger partial charge in [-0.1, -0.05) is 0 Å². The Bertz CT molecular complexity index is 219. The molecule has 0 saturated carbocycles. The number of esters is 1. The van der Waals surface area contributed by atoms with Gasteiger partial charge in [0, 0.05) is 35.9 Å². The topological polar surface area (TPSA) is 46.6 Å². The van der Waals surface area contributed by atoms with Gasteiger partial charge in [0.2, 0.25) is 0 Å². The van der Waals surface area contributed by atoms with Crippen LogP contribution >= 0.6 is 0 Å². The van der Waals surface area contributed by atoms with E-state index in [1.54, 1.807) is 6.26 Å². The van der Waals surface area contributed by atoms with Crippen LogP contribution in [0.3, 0.4) is 0 Å². The van der Waals surface area contributed by atoms with Crippen molar-refractivity contribution in [2.45, 2.75) is 12.5 Å². The average molecular weight is 205 g/mol. The number of carbonyl (C=O) groups excluding carboxylic acids is 1. The molecule has 1 fully saturated rings. The number of hydrogen-bond donors (Lipinski definition) is 0. The van der Waals surface area contributed by atoms with Crippen LogP contribution in [0.5, 0.6) is 0 Å². The standard InChI is InChI=1S/C8H15NO3S/c1-12-8(10)7-3-4-9(7)5-6-13(2)11/h7H,3-6H2,1-2H3. The third kappa shape index (κ3) is 2.77. The van der Waals surface area contributed by atoms with Gasteiger partial charge in [-0.15, -0.1) is 0 Å². The van der Waals surface area contributed by atoms with E-state index in [-0.39, 0.29) is 12.0 Å². The number of rotatable bonds is 4. The summed E-state index contributed by atoms with van der Waals surface area (Å²) in [6.07, 6.45) is 2.54. The summed E-state index contributed by atoms with van der Waals surface area (Å²) in [5.74, 6) is 0.459. The van der Waals surface area contributed by atoms with Gasteiger partial charge in [-0.2, -0.15) is 0 Å². The quantitative estimate of drug-likeness (QED) is 0.587. The molecule has 1 aliphatic rings. The first-order valence-electron chi connectivity index (χ1n) is 4.27. The summed E-state index contributed by atoms with van der Waals surface area (Å²) in [5.41, 5.74) is 0. The molecule has 2 atom stereocenters. The predicted molar refractivity (Wildman–Crippen MR) is 50.9 cm³/mol. The van der Waals surface area contributed by atoms with E-state index in [0.717, 1.165) is 19.5 Å². The van der Waals surface area contributed by atoms with Crippen molar-refractivity contribution in [3.05, 3.63) is 0 Å². The largest absolute Gasteiger partial charge is 0.468 e. The minimum atomic E-state index is -0.778. The van der Waals surface area contributed by atoms with Crippen molar-refractivity contribution in [1.82, 2.24) is 4.90 Å². The Labute approximate surface area is 80.7 Å². The zero-order chi connectivity index (χ0) is 9.84. The second-order valence-electron chi connectivity index (χ2n) is 3.14. The van der Waals surface area contributed by atoms with E-state index in [9.17, 15) is 9.00 Å². The molecule has 1 heterocycles. The monoisotopic (exact) mass is 205 g/mol. The van der Waals surface area contributed by atoms with Gasteiger partial charge in [0.1, 0.15) is 6.04 Å². The summed E-state index contributed by atoms with van der Waals surface area (Å²) in [6.45, 7) is 1.64. The minimum absolute atomic E-state index is 0.0893. The summed E-state index contributed by atoms with van der Waals surface area (Å²) in [5, 5.41) is 0. The van der Waals surface area contributed by atoms with Crippen molar-refractivity contribution in [1.29, 1.82) is 0 Å². The van der Waals surface area contributed by atoms with Crippen LogP contribution in [0.4, 0.5) is 0 Å². The molecule has 0 aromatic carbocycles. The molecule has 1 aliphatic heterocycles. The first-order valence-corrected chi connectivity index (χ1v) is 5.99. The number of hydrogen-bond acceptors (Lipinski definition) is 4. The van der Waals surface area contributed by atoms with Crippen molar-refractivity contribution in [3.63, 3.8) is 0 Å². The molecular formula is C8H15NO3S. The van der Waals surface area contributed by atoms with Gasteiger partial charge in [0.15, 0.2) is 0 Å². The molecule has 5 heteroatoms. The van der Waals surface area contributed by atoms with Gasteiger partial charge in [0.25, 0.3) is 0 Å².